The Balaban J connectivity index is 2.13. The lowest BCUT2D eigenvalue weighted by Crippen LogP contribution is -2.40. The van der Waals surface area contributed by atoms with Gasteiger partial charge in [0.25, 0.3) is 0 Å². The van der Waals surface area contributed by atoms with Crippen molar-refractivity contribution < 1.29 is 14.6 Å². The number of aliphatic hydroxyl groups excluding tert-OH is 1. The van der Waals surface area contributed by atoms with Gasteiger partial charge in [0.05, 0.1) is 18.3 Å². The Morgan fingerprint density at radius 1 is 1.53 bits per heavy atom. The molecule has 17 heavy (non-hydrogen) atoms. The molecular weight excluding hydrogens is 242 g/mol. The van der Waals surface area contributed by atoms with E-state index >= 15 is 0 Å². The number of nitrogens with zero attached hydrogens (tertiary/aromatic N) is 2. The molecule has 1 heterocycles. The molecule has 0 fully saturated rings. The van der Waals surface area contributed by atoms with Crippen LogP contribution in [0.1, 0.15) is 13.3 Å². The molecule has 2 atom stereocenters. The van der Waals surface area contributed by atoms with Crippen LogP contribution in [0, 0.1) is 0 Å². The van der Waals surface area contributed by atoms with E-state index in [2.05, 4.69) is 21.0 Å². The molecule has 0 aliphatic carbocycles. The molecule has 7 heteroatoms. The molecule has 0 aliphatic rings. The SMILES string of the molecule is CCC(COC)NCC(O)COc1cnsn1. The molecule has 0 aliphatic heterocycles. The van der Waals surface area contributed by atoms with E-state index in [1.54, 1.807) is 7.11 Å². The maximum absolute atomic E-state index is 9.69. The minimum atomic E-state index is -0.567. The van der Waals surface area contributed by atoms with E-state index in [-0.39, 0.29) is 12.6 Å². The van der Waals surface area contributed by atoms with Crippen molar-refractivity contribution >= 4 is 11.7 Å². The first-order valence-electron chi connectivity index (χ1n) is 5.57. The van der Waals surface area contributed by atoms with Gasteiger partial charge in [-0.25, -0.2) is 0 Å². The van der Waals surface area contributed by atoms with Gasteiger partial charge >= 0.3 is 0 Å². The predicted molar refractivity (Wildman–Crippen MR) is 65.4 cm³/mol. The second kappa shape index (κ2) is 8.35. The Morgan fingerprint density at radius 3 is 2.94 bits per heavy atom. The van der Waals surface area contributed by atoms with Crippen LogP contribution in [0.2, 0.25) is 0 Å². The van der Waals surface area contributed by atoms with Crippen molar-refractivity contribution in [3.05, 3.63) is 6.20 Å². The summed E-state index contributed by atoms with van der Waals surface area (Å²) in [4.78, 5) is 0. The molecule has 2 N–H and O–H groups in total. The second-order valence-corrected chi connectivity index (χ2v) is 4.24. The summed E-state index contributed by atoms with van der Waals surface area (Å²) in [6.45, 7) is 3.39. The van der Waals surface area contributed by atoms with Crippen LogP contribution in [0.15, 0.2) is 6.20 Å². The van der Waals surface area contributed by atoms with Gasteiger partial charge in [0.2, 0.25) is 5.88 Å². The third-order valence-corrected chi connectivity index (χ3v) is 2.73. The van der Waals surface area contributed by atoms with Crippen LogP contribution in [0.25, 0.3) is 0 Å². The zero-order chi connectivity index (χ0) is 12.5. The Morgan fingerprint density at radius 2 is 2.35 bits per heavy atom. The molecule has 2 unspecified atom stereocenters. The van der Waals surface area contributed by atoms with Gasteiger partial charge < -0.3 is 19.9 Å². The van der Waals surface area contributed by atoms with Crippen LogP contribution >= 0.6 is 11.7 Å². The fourth-order valence-corrected chi connectivity index (χ4v) is 1.65. The highest BCUT2D eigenvalue weighted by atomic mass is 32.1. The molecule has 0 spiro atoms. The van der Waals surface area contributed by atoms with Crippen molar-refractivity contribution in [2.24, 2.45) is 0 Å². The number of nitrogens with one attached hydrogen (secondary N) is 1. The van der Waals surface area contributed by atoms with E-state index < -0.39 is 6.10 Å². The second-order valence-electron chi connectivity index (χ2n) is 3.68. The Hall–Kier alpha value is -0.760. The molecule has 6 nitrogen and oxygen atoms in total. The third-order valence-electron chi connectivity index (χ3n) is 2.27. The fourth-order valence-electron chi connectivity index (χ4n) is 1.29. The molecule has 0 aromatic carbocycles. The zero-order valence-electron chi connectivity index (χ0n) is 10.1. The number of aromatic nitrogens is 2. The smallest absolute Gasteiger partial charge is 0.245 e. The average molecular weight is 261 g/mol. The molecule has 0 amide bonds. The molecule has 1 aromatic rings. The first-order valence-corrected chi connectivity index (χ1v) is 6.30. The Kier molecular flexibility index (Phi) is 7.02. The summed E-state index contributed by atoms with van der Waals surface area (Å²) in [6.07, 6.45) is 1.92. The van der Waals surface area contributed by atoms with Crippen molar-refractivity contribution in [1.82, 2.24) is 14.1 Å². The van der Waals surface area contributed by atoms with Crippen molar-refractivity contribution in [1.29, 1.82) is 0 Å². The summed E-state index contributed by atoms with van der Waals surface area (Å²) in [5, 5.41) is 12.9. The minimum Gasteiger partial charge on any atom is -0.473 e. The van der Waals surface area contributed by atoms with E-state index in [1.807, 2.05) is 0 Å². The average Bonchev–Trinajstić information content (AvgIpc) is 2.85. The van der Waals surface area contributed by atoms with Gasteiger partial charge in [0.15, 0.2) is 0 Å². The fraction of sp³-hybridized carbons (Fsp3) is 0.800. The lowest BCUT2D eigenvalue weighted by molar-refractivity contribution is 0.0937. The van der Waals surface area contributed by atoms with E-state index in [0.717, 1.165) is 18.1 Å². The van der Waals surface area contributed by atoms with Gasteiger partial charge in [-0.05, 0) is 6.42 Å². The minimum absolute atomic E-state index is 0.210. The number of methoxy groups -OCH3 is 1. The molecule has 1 aromatic heterocycles. The summed E-state index contributed by atoms with van der Waals surface area (Å²) < 4.78 is 18.0. The highest BCUT2D eigenvalue weighted by molar-refractivity contribution is 6.99. The molecule has 0 radical (unpaired) electrons. The largest absolute Gasteiger partial charge is 0.473 e. The number of hydrogen-bond donors (Lipinski definition) is 2. The van der Waals surface area contributed by atoms with Crippen LogP contribution in [0.4, 0.5) is 0 Å². The standard InChI is InChI=1S/C10H19N3O3S/c1-3-8(6-15-2)11-4-9(14)7-16-10-5-12-17-13-10/h5,8-9,11,14H,3-4,6-7H2,1-2H3. The van der Waals surface area contributed by atoms with Crippen molar-refractivity contribution in [3.63, 3.8) is 0 Å². The van der Waals surface area contributed by atoms with Crippen LogP contribution in [0.5, 0.6) is 5.88 Å². The van der Waals surface area contributed by atoms with Crippen LogP contribution in [-0.2, 0) is 4.74 Å². The number of ether oxygens (including phenoxy) is 2. The van der Waals surface area contributed by atoms with E-state index in [1.165, 1.54) is 6.20 Å². The quantitative estimate of drug-likeness (QED) is 0.665. The molecule has 98 valence electrons. The van der Waals surface area contributed by atoms with Crippen LogP contribution < -0.4 is 10.1 Å². The molecule has 0 saturated heterocycles. The number of aliphatic hydroxyl groups is 1. The van der Waals surface area contributed by atoms with Gasteiger partial charge in [-0.2, -0.15) is 4.37 Å². The maximum Gasteiger partial charge on any atom is 0.245 e. The number of hydrogen-bond acceptors (Lipinski definition) is 7. The first kappa shape index (κ1) is 14.3. The Labute approximate surface area is 105 Å². The Bertz CT molecular complexity index is 284. The van der Waals surface area contributed by atoms with Gasteiger partial charge in [-0.15, -0.1) is 4.37 Å². The first-order chi connectivity index (χ1) is 8.26. The van der Waals surface area contributed by atoms with Crippen molar-refractivity contribution in [3.8, 4) is 5.88 Å². The summed E-state index contributed by atoms with van der Waals surface area (Å²) in [5.74, 6) is 0.456. The number of rotatable bonds is 9. The maximum atomic E-state index is 9.69. The van der Waals surface area contributed by atoms with E-state index in [0.29, 0.717) is 19.0 Å². The van der Waals surface area contributed by atoms with E-state index in [9.17, 15) is 5.11 Å². The monoisotopic (exact) mass is 261 g/mol. The molecular formula is C10H19N3O3S. The van der Waals surface area contributed by atoms with Crippen molar-refractivity contribution in [2.45, 2.75) is 25.5 Å². The normalized spacial score (nSPS) is 14.5. The lowest BCUT2D eigenvalue weighted by Gasteiger charge is -2.18. The molecule has 0 saturated carbocycles. The van der Waals surface area contributed by atoms with Crippen molar-refractivity contribution in [2.75, 3.05) is 26.9 Å². The summed E-state index contributed by atoms with van der Waals surface area (Å²) in [5.41, 5.74) is 0. The summed E-state index contributed by atoms with van der Waals surface area (Å²) >= 11 is 1.08. The predicted octanol–water partition coefficient (Wildman–Crippen LogP) is 0.292. The molecule has 1 rings (SSSR count). The lowest BCUT2D eigenvalue weighted by atomic mass is 10.2. The van der Waals surface area contributed by atoms with Gasteiger partial charge in [0, 0.05) is 19.7 Å². The highest BCUT2D eigenvalue weighted by Gasteiger charge is 2.10. The van der Waals surface area contributed by atoms with E-state index in [4.69, 9.17) is 9.47 Å². The van der Waals surface area contributed by atoms with Gasteiger partial charge in [-0.3, -0.25) is 0 Å². The van der Waals surface area contributed by atoms with Gasteiger partial charge in [-0.1, -0.05) is 6.92 Å². The highest BCUT2D eigenvalue weighted by Crippen LogP contribution is 2.05. The van der Waals surface area contributed by atoms with Gasteiger partial charge in [0.1, 0.15) is 18.9 Å². The summed E-state index contributed by atoms with van der Waals surface area (Å²) in [6, 6.07) is 0.260. The zero-order valence-corrected chi connectivity index (χ0v) is 10.9. The topological polar surface area (TPSA) is 76.5 Å². The van der Waals surface area contributed by atoms with Crippen LogP contribution in [0.3, 0.4) is 0 Å². The molecule has 0 bridgehead atoms. The summed E-state index contributed by atoms with van der Waals surface area (Å²) in [7, 11) is 1.67. The third kappa shape index (κ3) is 5.92. The van der Waals surface area contributed by atoms with Crippen LogP contribution in [-0.4, -0.2) is 52.9 Å².